The highest BCUT2D eigenvalue weighted by Gasteiger charge is 2.47. The van der Waals surface area contributed by atoms with Gasteiger partial charge in [0.05, 0.1) is 37.3 Å². The normalized spacial score (nSPS) is 19.7. The van der Waals surface area contributed by atoms with Gasteiger partial charge in [-0.15, -0.1) is 0 Å². The molecule has 2 saturated heterocycles. The van der Waals surface area contributed by atoms with Crippen molar-refractivity contribution in [3.8, 4) is 5.75 Å². The van der Waals surface area contributed by atoms with Crippen LogP contribution in [0.2, 0.25) is 0 Å². The number of hydrogen-bond donors (Lipinski definition) is 0. The van der Waals surface area contributed by atoms with Crippen molar-refractivity contribution in [3.63, 3.8) is 0 Å². The molecule has 2 fully saturated rings. The molecule has 0 aliphatic carbocycles. The molecule has 9 nitrogen and oxygen atoms in total. The fraction of sp³-hybridized carbons (Fsp3) is 0.391. The number of sulfonamides is 1. The number of nitrogens with zero attached hydrogens (tertiary/aromatic N) is 3. The molecule has 0 bridgehead atoms. The lowest BCUT2D eigenvalue weighted by molar-refractivity contribution is -0.122. The van der Waals surface area contributed by atoms with Gasteiger partial charge < -0.3 is 9.47 Å². The third-order valence-corrected chi connectivity index (χ3v) is 8.60. The van der Waals surface area contributed by atoms with Gasteiger partial charge >= 0.3 is 0 Å². The van der Waals surface area contributed by atoms with Crippen LogP contribution in [0.5, 0.6) is 5.75 Å². The molecule has 11 heteroatoms. The summed E-state index contributed by atoms with van der Waals surface area (Å²) in [6, 6.07) is 11.9. The summed E-state index contributed by atoms with van der Waals surface area (Å²) in [4.78, 5) is 29.5. The number of amides is 2. The maximum Gasteiger partial charge on any atom is 0.252 e. The lowest BCUT2D eigenvalue weighted by atomic mass is 10.2. The molecule has 4 rings (SSSR count). The van der Waals surface area contributed by atoms with Crippen LogP contribution >= 0.6 is 22.6 Å². The summed E-state index contributed by atoms with van der Waals surface area (Å²) < 4.78 is 40.0. The number of rotatable bonds is 8. The average Bonchev–Trinajstić information content (AvgIpc) is 3.13. The predicted octanol–water partition coefficient (Wildman–Crippen LogP) is 1.95. The lowest BCUT2D eigenvalue weighted by Gasteiger charge is -2.31. The van der Waals surface area contributed by atoms with E-state index in [1.54, 1.807) is 36.4 Å². The zero-order valence-corrected chi connectivity index (χ0v) is 21.7. The lowest BCUT2D eigenvalue weighted by Crippen LogP contribution is -2.49. The van der Waals surface area contributed by atoms with Crippen LogP contribution in [-0.4, -0.2) is 82.0 Å². The van der Waals surface area contributed by atoms with Crippen molar-refractivity contribution in [3.05, 3.63) is 52.1 Å². The molecule has 2 aromatic carbocycles. The number of imide groups is 1. The minimum absolute atomic E-state index is 0.0447. The van der Waals surface area contributed by atoms with Gasteiger partial charge in [0.1, 0.15) is 11.8 Å². The fourth-order valence-electron chi connectivity index (χ4n) is 4.09. The Morgan fingerprint density at radius 2 is 1.71 bits per heavy atom. The van der Waals surface area contributed by atoms with E-state index < -0.39 is 27.9 Å². The molecule has 2 heterocycles. The van der Waals surface area contributed by atoms with Crippen LogP contribution < -0.4 is 9.64 Å². The van der Waals surface area contributed by atoms with Gasteiger partial charge in [0.25, 0.3) is 5.91 Å². The van der Waals surface area contributed by atoms with Gasteiger partial charge in [-0.1, -0.05) is 0 Å². The number of ether oxygens (including phenoxy) is 2. The Balaban J connectivity index is 1.64. The monoisotopic (exact) mass is 599 g/mol. The first-order valence-corrected chi connectivity index (χ1v) is 13.4. The van der Waals surface area contributed by atoms with Crippen LogP contribution in [0, 0.1) is 3.57 Å². The molecule has 2 aromatic rings. The average molecular weight is 599 g/mol. The Morgan fingerprint density at radius 3 is 2.32 bits per heavy atom. The molecule has 2 aliphatic rings. The fourth-order valence-corrected chi connectivity index (χ4v) is 6.03. The number of carbonyl (C=O) groups is 2. The van der Waals surface area contributed by atoms with Crippen molar-refractivity contribution in [2.24, 2.45) is 0 Å². The van der Waals surface area contributed by atoms with E-state index in [2.05, 4.69) is 27.5 Å². The van der Waals surface area contributed by atoms with E-state index in [-0.39, 0.29) is 17.9 Å². The molecule has 182 valence electrons. The van der Waals surface area contributed by atoms with E-state index in [9.17, 15) is 18.0 Å². The van der Waals surface area contributed by atoms with Crippen LogP contribution in [0.25, 0.3) is 0 Å². The smallest absolute Gasteiger partial charge is 0.252 e. The van der Waals surface area contributed by atoms with Crippen LogP contribution in [0.1, 0.15) is 6.42 Å². The first kappa shape index (κ1) is 25.0. The first-order chi connectivity index (χ1) is 16.3. The third kappa shape index (κ3) is 5.28. The molecule has 2 amide bonds. The van der Waals surface area contributed by atoms with E-state index in [1.165, 1.54) is 23.5 Å². The highest BCUT2D eigenvalue weighted by Crippen LogP contribution is 2.30. The molecular formula is C23H26IN3O6S. The second kappa shape index (κ2) is 10.7. The van der Waals surface area contributed by atoms with Gasteiger partial charge in [-0.2, -0.15) is 4.31 Å². The third-order valence-electron chi connectivity index (χ3n) is 5.96. The molecule has 0 radical (unpaired) electrons. The van der Waals surface area contributed by atoms with E-state index in [0.717, 1.165) is 8.47 Å². The Morgan fingerprint density at radius 1 is 1.06 bits per heavy atom. The van der Waals surface area contributed by atoms with Gasteiger partial charge in [0, 0.05) is 29.7 Å². The number of morpholine rings is 1. The van der Waals surface area contributed by atoms with Gasteiger partial charge in [-0.3, -0.25) is 14.5 Å². The van der Waals surface area contributed by atoms with E-state index in [4.69, 9.17) is 9.47 Å². The van der Waals surface area contributed by atoms with Crippen LogP contribution in [0.3, 0.4) is 0 Å². The maximum absolute atomic E-state index is 13.7. The van der Waals surface area contributed by atoms with Crippen molar-refractivity contribution in [2.45, 2.75) is 17.4 Å². The number of hydrogen-bond acceptors (Lipinski definition) is 7. The summed E-state index contributed by atoms with van der Waals surface area (Å²) >= 11 is 2.14. The number of benzene rings is 2. The minimum atomic E-state index is -4.06. The number of halogens is 1. The Hall–Kier alpha value is -2.06. The van der Waals surface area contributed by atoms with E-state index in [0.29, 0.717) is 44.3 Å². The molecule has 0 aromatic heterocycles. The highest BCUT2D eigenvalue weighted by atomic mass is 127. The molecule has 1 unspecified atom stereocenters. The second-order valence-electron chi connectivity index (χ2n) is 8.01. The Labute approximate surface area is 212 Å². The molecule has 34 heavy (non-hydrogen) atoms. The zero-order chi connectivity index (χ0) is 24.3. The Kier molecular flexibility index (Phi) is 7.87. The maximum atomic E-state index is 13.7. The molecule has 2 aliphatic heterocycles. The second-order valence-corrected chi connectivity index (χ2v) is 11.1. The molecule has 0 spiro atoms. The SMILES string of the molecule is COc1ccc(S(=O)(=O)N(CCN2CCOCC2)C2CC(=O)N(c3ccc(I)cc3)C2=O)cc1. The molecule has 1 atom stereocenters. The van der Waals surface area contributed by atoms with Crippen LogP contribution in [0.4, 0.5) is 5.69 Å². The summed E-state index contributed by atoms with van der Waals surface area (Å²) in [5.41, 5.74) is 0.438. The van der Waals surface area contributed by atoms with Gasteiger partial charge in [0.2, 0.25) is 15.9 Å². The summed E-state index contributed by atoms with van der Waals surface area (Å²) in [5.74, 6) is -0.432. The summed E-state index contributed by atoms with van der Waals surface area (Å²) in [6.07, 6.45) is -0.205. The highest BCUT2D eigenvalue weighted by molar-refractivity contribution is 14.1. The number of methoxy groups -OCH3 is 1. The summed E-state index contributed by atoms with van der Waals surface area (Å²) in [6.45, 7) is 3.03. The van der Waals surface area contributed by atoms with Crippen molar-refractivity contribution in [2.75, 3.05) is 51.4 Å². The van der Waals surface area contributed by atoms with E-state index >= 15 is 0 Å². The van der Waals surface area contributed by atoms with Crippen molar-refractivity contribution in [1.82, 2.24) is 9.21 Å². The first-order valence-electron chi connectivity index (χ1n) is 10.9. The molecule has 0 N–H and O–H groups in total. The Bertz CT molecular complexity index is 1130. The molecule has 0 saturated carbocycles. The summed E-state index contributed by atoms with van der Waals surface area (Å²) in [7, 11) is -2.56. The van der Waals surface area contributed by atoms with Crippen LogP contribution in [-0.2, 0) is 24.3 Å². The number of carbonyl (C=O) groups excluding carboxylic acids is 2. The van der Waals surface area contributed by atoms with Gasteiger partial charge in [-0.25, -0.2) is 13.3 Å². The number of anilines is 1. The zero-order valence-electron chi connectivity index (χ0n) is 18.7. The largest absolute Gasteiger partial charge is 0.497 e. The molecular weight excluding hydrogens is 573 g/mol. The topological polar surface area (TPSA) is 96.5 Å². The van der Waals surface area contributed by atoms with Gasteiger partial charge in [-0.05, 0) is 71.1 Å². The quantitative estimate of drug-likeness (QED) is 0.338. The van der Waals surface area contributed by atoms with Crippen LogP contribution in [0.15, 0.2) is 53.4 Å². The van der Waals surface area contributed by atoms with Gasteiger partial charge in [0.15, 0.2) is 0 Å². The minimum Gasteiger partial charge on any atom is -0.497 e. The standard InChI is InChI=1S/C23H26IN3O6S/c1-32-19-6-8-20(9-7-19)34(30,31)26(11-10-25-12-14-33-15-13-25)21-16-22(28)27(23(21)29)18-4-2-17(24)3-5-18/h2-9,21H,10-16H2,1H3. The van der Waals surface area contributed by atoms with Crippen molar-refractivity contribution in [1.29, 1.82) is 0 Å². The van der Waals surface area contributed by atoms with Crippen molar-refractivity contribution >= 4 is 50.1 Å². The predicted molar refractivity (Wildman–Crippen MR) is 134 cm³/mol. The van der Waals surface area contributed by atoms with Crippen molar-refractivity contribution < 1.29 is 27.5 Å². The van der Waals surface area contributed by atoms with E-state index in [1.807, 2.05) is 0 Å². The summed E-state index contributed by atoms with van der Waals surface area (Å²) in [5, 5.41) is 0.